The van der Waals surface area contributed by atoms with Crippen molar-refractivity contribution in [2.24, 2.45) is 5.73 Å². The summed E-state index contributed by atoms with van der Waals surface area (Å²) in [6.07, 6.45) is 1.40. The van der Waals surface area contributed by atoms with Crippen LogP contribution in [0.15, 0.2) is 24.3 Å². The molecule has 1 fully saturated rings. The summed E-state index contributed by atoms with van der Waals surface area (Å²) >= 11 is 0. The van der Waals surface area contributed by atoms with Gasteiger partial charge in [-0.25, -0.2) is 9.18 Å². The van der Waals surface area contributed by atoms with Gasteiger partial charge in [0.1, 0.15) is 11.9 Å². The fourth-order valence-electron chi connectivity index (χ4n) is 2.21. The van der Waals surface area contributed by atoms with Gasteiger partial charge in [0, 0.05) is 13.1 Å². The van der Waals surface area contributed by atoms with Gasteiger partial charge in [-0.05, 0) is 30.5 Å². The molecule has 0 aliphatic carbocycles. The summed E-state index contributed by atoms with van der Waals surface area (Å²) in [6, 6.07) is 4.84. The summed E-state index contributed by atoms with van der Waals surface area (Å²) in [5.41, 5.74) is 6.02. The van der Waals surface area contributed by atoms with Crippen molar-refractivity contribution in [3.63, 3.8) is 0 Å². The predicted molar refractivity (Wildman–Crippen MR) is 67.6 cm³/mol. The quantitative estimate of drug-likeness (QED) is 0.855. The Balaban J connectivity index is 1.90. The Morgan fingerprint density at radius 3 is 2.68 bits per heavy atom. The molecule has 19 heavy (non-hydrogen) atoms. The zero-order chi connectivity index (χ0) is 13.8. The second-order valence-corrected chi connectivity index (χ2v) is 4.53. The Morgan fingerprint density at radius 1 is 1.37 bits per heavy atom. The Hall–Kier alpha value is -2.11. The number of benzene rings is 1. The minimum Gasteiger partial charge on any atom is -0.351 e. The lowest BCUT2D eigenvalue weighted by atomic mass is 10.2. The molecule has 1 heterocycles. The number of urea groups is 1. The molecule has 0 spiro atoms. The van der Waals surface area contributed by atoms with E-state index in [4.69, 9.17) is 5.73 Å². The van der Waals surface area contributed by atoms with E-state index in [0.717, 1.165) is 12.0 Å². The van der Waals surface area contributed by atoms with Crippen LogP contribution in [-0.2, 0) is 11.3 Å². The van der Waals surface area contributed by atoms with Crippen molar-refractivity contribution in [3.05, 3.63) is 35.6 Å². The Morgan fingerprint density at radius 2 is 2.05 bits per heavy atom. The fourth-order valence-corrected chi connectivity index (χ4v) is 2.21. The Bertz CT molecular complexity index is 475. The monoisotopic (exact) mass is 265 g/mol. The van der Waals surface area contributed by atoms with Crippen LogP contribution in [0.4, 0.5) is 9.18 Å². The van der Waals surface area contributed by atoms with E-state index in [1.54, 1.807) is 12.1 Å². The number of rotatable bonds is 3. The molecule has 1 aliphatic rings. The first-order chi connectivity index (χ1) is 9.08. The molecule has 0 unspecified atom stereocenters. The third-order valence-corrected chi connectivity index (χ3v) is 3.22. The third kappa shape index (κ3) is 3.21. The van der Waals surface area contributed by atoms with Crippen molar-refractivity contribution in [2.45, 2.75) is 25.4 Å². The molecule has 3 N–H and O–H groups in total. The van der Waals surface area contributed by atoms with Gasteiger partial charge in [0.15, 0.2) is 0 Å². The fraction of sp³-hybridized carbons (Fsp3) is 0.385. The molecule has 1 saturated heterocycles. The third-order valence-electron chi connectivity index (χ3n) is 3.22. The molecule has 3 amide bonds. The van der Waals surface area contributed by atoms with E-state index in [2.05, 4.69) is 5.32 Å². The maximum absolute atomic E-state index is 12.7. The normalized spacial score (nSPS) is 18.4. The van der Waals surface area contributed by atoms with Crippen molar-refractivity contribution in [3.8, 4) is 0 Å². The molecule has 5 nitrogen and oxygen atoms in total. The van der Waals surface area contributed by atoms with Crippen molar-refractivity contribution in [1.29, 1.82) is 0 Å². The average Bonchev–Trinajstić information content (AvgIpc) is 2.87. The van der Waals surface area contributed by atoms with E-state index in [1.165, 1.54) is 17.0 Å². The molecular formula is C13H16FN3O2. The van der Waals surface area contributed by atoms with Crippen molar-refractivity contribution < 1.29 is 14.0 Å². The van der Waals surface area contributed by atoms with Gasteiger partial charge >= 0.3 is 6.03 Å². The molecule has 2 rings (SSSR count). The number of likely N-dealkylation sites (tertiary alicyclic amines) is 1. The SMILES string of the molecule is NC(=O)N1CCC[C@H]1C(=O)NCc1ccc(F)cc1. The van der Waals surface area contributed by atoms with Crippen LogP contribution >= 0.6 is 0 Å². The summed E-state index contributed by atoms with van der Waals surface area (Å²) in [6.45, 7) is 0.826. The lowest BCUT2D eigenvalue weighted by Gasteiger charge is -2.21. The van der Waals surface area contributed by atoms with Gasteiger partial charge in [-0.1, -0.05) is 12.1 Å². The standard InChI is InChI=1S/C13H16FN3O2/c14-10-5-3-9(4-6-10)8-16-12(18)11-2-1-7-17(11)13(15)19/h3-6,11H,1-2,7-8H2,(H2,15,19)(H,16,18)/t11-/m0/s1. The highest BCUT2D eigenvalue weighted by Crippen LogP contribution is 2.16. The largest absolute Gasteiger partial charge is 0.351 e. The number of primary amides is 1. The number of nitrogens with one attached hydrogen (secondary N) is 1. The van der Waals surface area contributed by atoms with Crippen LogP contribution in [0.25, 0.3) is 0 Å². The molecule has 102 valence electrons. The second-order valence-electron chi connectivity index (χ2n) is 4.53. The molecule has 0 radical (unpaired) electrons. The number of carbonyl (C=O) groups is 2. The van der Waals surface area contributed by atoms with Crippen LogP contribution in [0.3, 0.4) is 0 Å². The molecule has 1 aromatic rings. The maximum Gasteiger partial charge on any atom is 0.315 e. The molecule has 0 saturated carbocycles. The van der Waals surface area contributed by atoms with Gasteiger partial charge in [0.05, 0.1) is 0 Å². The van der Waals surface area contributed by atoms with Crippen LogP contribution in [0.1, 0.15) is 18.4 Å². The molecule has 1 aromatic carbocycles. The van der Waals surface area contributed by atoms with Crippen LogP contribution in [-0.4, -0.2) is 29.4 Å². The Labute approximate surface area is 110 Å². The van der Waals surface area contributed by atoms with Crippen molar-refractivity contribution in [2.75, 3.05) is 6.54 Å². The van der Waals surface area contributed by atoms with Gasteiger partial charge in [-0.15, -0.1) is 0 Å². The minimum atomic E-state index is -0.570. The average molecular weight is 265 g/mol. The van der Waals surface area contributed by atoms with Crippen LogP contribution in [0.5, 0.6) is 0 Å². The number of amides is 3. The number of halogens is 1. The zero-order valence-corrected chi connectivity index (χ0v) is 10.4. The first kappa shape index (κ1) is 13.3. The van der Waals surface area contributed by atoms with Crippen LogP contribution in [0.2, 0.25) is 0 Å². The van der Waals surface area contributed by atoms with Gasteiger partial charge in [0.2, 0.25) is 5.91 Å². The van der Waals surface area contributed by atoms with Crippen LogP contribution < -0.4 is 11.1 Å². The molecule has 0 bridgehead atoms. The summed E-state index contributed by atoms with van der Waals surface area (Å²) in [5.74, 6) is -0.536. The first-order valence-corrected chi connectivity index (χ1v) is 6.16. The maximum atomic E-state index is 12.7. The molecule has 6 heteroatoms. The highest BCUT2D eigenvalue weighted by Gasteiger charge is 2.32. The minimum absolute atomic E-state index is 0.222. The van der Waals surface area contributed by atoms with E-state index in [0.29, 0.717) is 19.5 Å². The lowest BCUT2D eigenvalue weighted by Crippen LogP contribution is -2.47. The number of hydrogen-bond donors (Lipinski definition) is 2. The lowest BCUT2D eigenvalue weighted by molar-refractivity contribution is -0.124. The highest BCUT2D eigenvalue weighted by atomic mass is 19.1. The number of carbonyl (C=O) groups excluding carboxylic acids is 2. The van der Waals surface area contributed by atoms with Crippen molar-refractivity contribution >= 4 is 11.9 Å². The van der Waals surface area contributed by atoms with E-state index in [9.17, 15) is 14.0 Å². The molecule has 1 aliphatic heterocycles. The van der Waals surface area contributed by atoms with Gasteiger partial charge in [-0.2, -0.15) is 0 Å². The second kappa shape index (κ2) is 5.69. The van der Waals surface area contributed by atoms with E-state index in [-0.39, 0.29) is 11.7 Å². The summed E-state index contributed by atoms with van der Waals surface area (Å²) in [5, 5.41) is 2.73. The van der Waals surface area contributed by atoms with Gasteiger partial charge < -0.3 is 16.0 Å². The summed E-state index contributed by atoms with van der Waals surface area (Å²) in [4.78, 5) is 24.5. The van der Waals surface area contributed by atoms with Gasteiger partial charge in [-0.3, -0.25) is 4.79 Å². The summed E-state index contributed by atoms with van der Waals surface area (Å²) in [7, 11) is 0. The van der Waals surface area contributed by atoms with Crippen molar-refractivity contribution in [1.82, 2.24) is 10.2 Å². The van der Waals surface area contributed by atoms with Gasteiger partial charge in [0.25, 0.3) is 0 Å². The summed E-state index contributed by atoms with van der Waals surface area (Å²) < 4.78 is 12.7. The predicted octanol–water partition coefficient (Wildman–Crippen LogP) is 0.985. The number of hydrogen-bond acceptors (Lipinski definition) is 2. The topological polar surface area (TPSA) is 75.4 Å². The number of nitrogens with zero attached hydrogens (tertiary/aromatic N) is 1. The van der Waals surface area contributed by atoms with Crippen LogP contribution in [0, 0.1) is 5.82 Å². The molecule has 0 aromatic heterocycles. The number of nitrogens with two attached hydrogens (primary N) is 1. The first-order valence-electron chi connectivity index (χ1n) is 6.16. The Kier molecular flexibility index (Phi) is 3.99. The van der Waals surface area contributed by atoms with E-state index >= 15 is 0 Å². The molecule has 1 atom stereocenters. The smallest absolute Gasteiger partial charge is 0.315 e. The van der Waals surface area contributed by atoms with E-state index in [1.807, 2.05) is 0 Å². The molecular weight excluding hydrogens is 249 g/mol. The van der Waals surface area contributed by atoms with E-state index < -0.39 is 12.1 Å². The highest BCUT2D eigenvalue weighted by molar-refractivity contribution is 5.87. The zero-order valence-electron chi connectivity index (χ0n) is 10.4.